The summed E-state index contributed by atoms with van der Waals surface area (Å²) in [6.45, 7) is 0. The number of aromatic nitrogens is 1. The van der Waals surface area contributed by atoms with E-state index in [1.807, 2.05) is 5.38 Å². The molecule has 2 rings (SSSR count). The highest BCUT2D eigenvalue weighted by molar-refractivity contribution is 7.09. The highest BCUT2D eigenvalue weighted by atomic mass is 35.5. The van der Waals surface area contributed by atoms with Crippen molar-refractivity contribution >= 4 is 22.9 Å². The lowest BCUT2D eigenvalue weighted by atomic mass is 10.2. The second kappa shape index (κ2) is 3.95. The van der Waals surface area contributed by atoms with E-state index in [0.29, 0.717) is 11.8 Å². The fourth-order valence-corrected chi connectivity index (χ4v) is 2.62. The van der Waals surface area contributed by atoms with E-state index in [0.717, 1.165) is 10.7 Å². The molecule has 0 aromatic carbocycles. The molecule has 1 aliphatic carbocycles. The van der Waals surface area contributed by atoms with Crippen molar-refractivity contribution in [3.8, 4) is 0 Å². The second-order valence-electron chi connectivity index (χ2n) is 3.30. The first-order chi connectivity index (χ1) is 6.35. The first kappa shape index (κ1) is 9.44. The van der Waals surface area contributed by atoms with Crippen LogP contribution in [0, 0.1) is 5.92 Å². The predicted molar refractivity (Wildman–Crippen MR) is 54.1 cm³/mol. The quantitative estimate of drug-likeness (QED) is 0.724. The number of hydrogen-bond acceptors (Lipinski definition) is 3. The van der Waals surface area contributed by atoms with Crippen LogP contribution in [0.5, 0.6) is 0 Å². The summed E-state index contributed by atoms with van der Waals surface area (Å²) in [4.78, 5) is 4.42. The largest absolute Gasteiger partial charge is 0.374 e. The van der Waals surface area contributed by atoms with Gasteiger partial charge in [0.1, 0.15) is 11.1 Å². The molecule has 1 aliphatic rings. The van der Waals surface area contributed by atoms with Crippen molar-refractivity contribution in [3.63, 3.8) is 0 Å². The average molecular weight is 218 g/mol. The molecular formula is C9H12ClNOS. The van der Waals surface area contributed by atoms with Crippen LogP contribution in [0.15, 0.2) is 5.38 Å². The number of rotatable bonds is 4. The van der Waals surface area contributed by atoms with Crippen LogP contribution in [-0.4, -0.2) is 12.1 Å². The van der Waals surface area contributed by atoms with Gasteiger partial charge in [-0.1, -0.05) is 0 Å². The fourth-order valence-electron chi connectivity index (χ4n) is 1.41. The summed E-state index contributed by atoms with van der Waals surface area (Å²) in [6.07, 6.45) is 2.75. The molecule has 2 nitrogen and oxygen atoms in total. The zero-order chi connectivity index (χ0) is 9.26. The van der Waals surface area contributed by atoms with E-state index in [2.05, 4.69) is 4.98 Å². The number of thiazole rings is 1. The van der Waals surface area contributed by atoms with Crippen LogP contribution in [0.1, 0.15) is 29.6 Å². The summed E-state index contributed by atoms with van der Waals surface area (Å²) in [5.74, 6) is 1.19. The molecule has 0 bridgehead atoms. The van der Waals surface area contributed by atoms with Crippen LogP contribution in [0.2, 0.25) is 0 Å². The SMILES string of the molecule is COC(c1nc(CCl)cs1)C1CC1. The van der Waals surface area contributed by atoms with E-state index in [1.54, 1.807) is 18.4 Å². The molecule has 0 spiro atoms. The number of ether oxygens (including phenoxy) is 1. The van der Waals surface area contributed by atoms with Crippen molar-refractivity contribution in [2.45, 2.75) is 24.8 Å². The summed E-state index contributed by atoms with van der Waals surface area (Å²) < 4.78 is 5.42. The molecule has 0 radical (unpaired) electrons. The highest BCUT2D eigenvalue weighted by Crippen LogP contribution is 2.43. The van der Waals surface area contributed by atoms with E-state index < -0.39 is 0 Å². The van der Waals surface area contributed by atoms with Gasteiger partial charge in [0.2, 0.25) is 0 Å². The molecule has 0 amide bonds. The smallest absolute Gasteiger partial charge is 0.122 e. The van der Waals surface area contributed by atoms with E-state index in [9.17, 15) is 0 Å². The Morgan fingerprint density at radius 2 is 2.54 bits per heavy atom. The third-order valence-corrected chi connectivity index (χ3v) is 3.48. The van der Waals surface area contributed by atoms with Gasteiger partial charge in [0.25, 0.3) is 0 Å². The second-order valence-corrected chi connectivity index (χ2v) is 4.46. The Bertz CT molecular complexity index is 285. The molecule has 1 aromatic heterocycles. The zero-order valence-corrected chi connectivity index (χ0v) is 9.07. The normalized spacial score (nSPS) is 18.9. The van der Waals surface area contributed by atoms with Gasteiger partial charge in [0.05, 0.1) is 11.6 Å². The van der Waals surface area contributed by atoms with Gasteiger partial charge in [-0.25, -0.2) is 4.98 Å². The summed E-state index contributed by atoms with van der Waals surface area (Å²) >= 11 is 7.34. The lowest BCUT2D eigenvalue weighted by Gasteiger charge is -2.10. The minimum Gasteiger partial charge on any atom is -0.374 e. The van der Waals surface area contributed by atoms with Crippen molar-refractivity contribution in [2.24, 2.45) is 5.92 Å². The molecule has 1 heterocycles. The highest BCUT2D eigenvalue weighted by Gasteiger charge is 2.34. The molecule has 1 fully saturated rings. The summed E-state index contributed by atoms with van der Waals surface area (Å²) in [6, 6.07) is 0. The molecule has 13 heavy (non-hydrogen) atoms. The Labute approximate surface area is 86.9 Å². The number of methoxy groups -OCH3 is 1. The van der Waals surface area contributed by atoms with E-state index in [-0.39, 0.29) is 6.10 Å². The number of halogens is 1. The van der Waals surface area contributed by atoms with Crippen LogP contribution in [0.25, 0.3) is 0 Å². The third-order valence-electron chi connectivity index (χ3n) is 2.25. The van der Waals surface area contributed by atoms with E-state index >= 15 is 0 Å². The van der Waals surface area contributed by atoms with Gasteiger partial charge >= 0.3 is 0 Å². The van der Waals surface area contributed by atoms with Gasteiger partial charge in [-0.3, -0.25) is 0 Å². The van der Waals surface area contributed by atoms with Crippen LogP contribution < -0.4 is 0 Å². The maximum absolute atomic E-state index is 5.69. The first-order valence-electron chi connectivity index (χ1n) is 4.38. The standard InChI is InChI=1S/C9H12ClNOS/c1-12-8(6-2-3-6)9-11-7(4-10)5-13-9/h5-6,8H,2-4H2,1H3. The monoisotopic (exact) mass is 217 g/mol. The van der Waals surface area contributed by atoms with Gasteiger partial charge in [0.15, 0.2) is 0 Å². The lowest BCUT2D eigenvalue weighted by Crippen LogP contribution is -2.03. The van der Waals surface area contributed by atoms with Crippen LogP contribution in [0.3, 0.4) is 0 Å². The van der Waals surface area contributed by atoms with Crippen molar-refractivity contribution in [2.75, 3.05) is 7.11 Å². The van der Waals surface area contributed by atoms with Gasteiger partial charge < -0.3 is 4.74 Å². The molecule has 0 saturated heterocycles. The van der Waals surface area contributed by atoms with Gasteiger partial charge in [-0.15, -0.1) is 22.9 Å². The number of hydrogen-bond donors (Lipinski definition) is 0. The predicted octanol–water partition coefficient (Wildman–Crippen LogP) is 2.98. The Balaban J connectivity index is 2.12. The lowest BCUT2D eigenvalue weighted by molar-refractivity contribution is 0.0843. The van der Waals surface area contributed by atoms with Gasteiger partial charge in [-0.05, 0) is 18.8 Å². The van der Waals surface area contributed by atoms with Crippen LogP contribution in [0.4, 0.5) is 0 Å². The maximum Gasteiger partial charge on any atom is 0.122 e. The van der Waals surface area contributed by atoms with E-state index in [1.165, 1.54) is 12.8 Å². The first-order valence-corrected chi connectivity index (χ1v) is 5.79. The average Bonchev–Trinajstić information content (AvgIpc) is 2.85. The van der Waals surface area contributed by atoms with Gasteiger partial charge in [-0.2, -0.15) is 0 Å². The minimum atomic E-state index is 0.210. The summed E-state index contributed by atoms with van der Waals surface area (Å²) in [5.41, 5.74) is 0.962. The molecule has 1 saturated carbocycles. The van der Waals surface area contributed by atoms with Crippen molar-refractivity contribution in [1.82, 2.24) is 4.98 Å². The summed E-state index contributed by atoms with van der Waals surface area (Å²) in [7, 11) is 1.75. The summed E-state index contributed by atoms with van der Waals surface area (Å²) in [5, 5.41) is 3.09. The minimum absolute atomic E-state index is 0.210. The molecule has 4 heteroatoms. The molecule has 1 aromatic rings. The van der Waals surface area contributed by atoms with Crippen molar-refractivity contribution < 1.29 is 4.74 Å². The van der Waals surface area contributed by atoms with Crippen LogP contribution in [-0.2, 0) is 10.6 Å². The molecule has 72 valence electrons. The van der Waals surface area contributed by atoms with Crippen LogP contribution >= 0.6 is 22.9 Å². The molecule has 1 atom stereocenters. The Kier molecular flexibility index (Phi) is 2.86. The molecular weight excluding hydrogens is 206 g/mol. The molecule has 0 N–H and O–H groups in total. The third kappa shape index (κ3) is 2.03. The Morgan fingerprint density at radius 1 is 1.77 bits per heavy atom. The van der Waals surface area contributed by atoms with Crippen molar-refractivity contribution in [1.29, 1.82) is 0 Å². The van der Waals surface area contributed by atoms with E-state index in [4.69, 9.17) is 16.3 Å². The Morgan fingerprint density at radius 3 is 3.00 bits per heavy atom. The molecule has 1 unspecified atom stereocenters. The number of alkyl halides is 1. The number of nitrogens with zero attached hydrogens (tertiary/aromatic N) is 1. The Hall–Kier alpha value is -0.120. The zero-order valence-electron chi connectivity index (χ0n) is 7.50. The maximum atomic E-state index is 5.69. The van der Waals surface area contributed by atoms with Gasteiger partial charge in [0, 0.05) is 12.5 Å². The molecule has 0 aliphatic heterocycles. The topological polar surface area (TPSA) is 22.1 Å². The fraction of sp³-hybridized carbons (Fsp3) is 0.667. The van der Waals surface area contributed by atoms with Crippen molar-refractivity contribution in [3.05, 3.63) is 16.1 Å².